The molecule has 0 bridgehead atoms. The fourth-order valence-corrected chi connectivity index (χ4v) is 5.41. The highest BCUT2D eigenvalue weighted by atomic mass is 16.7. The standard InChI is InChI=1S/C31H30BNO2/c1-19-13-7-8-14-21(19)26-20(2)28-27(23-16-10-9-15-22(23)26)24-17-11-12-18-25(24)29(33-28)32-34-30(3,4)31(5,6)35-32/h7-18H,1-6H3. The summed E-state index contributed by atoms with van der Waals surface area (Å²) in [5.41, 5.74) is 5.92. The Kier molecular flexibility index (Phi) is 4.87. The van der Waals surface area contributed by atoms with Gasteiger partial charge in [-0.15, -0.1) is 0 Å². The summed E-state index contributed by atoms with van der Waals surface area (Å²) in [6.45, 7) is 12.7. The maximum atomic E-state index is 6.48. The van der Waals surface area contributed by atoms with Gasteiger partial charge >= 0.3 is 7.12 Å². The zero-order chi connectivity index (χ0) is 24.5. The number of nitrogens with zero attached hydrogens (tertiary/aromatic N) is 1. The molecule has 6 rings (SSSR count). The van der Waals surface area contributed by atoms with Gasteiger partial charge < -0.3 is 9.31 Å². The van der Waals surface area contributed by atoms with Gasteiger partial charge in [-0.3, -0.25) is 4.98 Å². The van der Waals surface area contributed by atoms with Crippen LogP contribution in [0, 0.1) is 13.8 Å². The number of hydrogen-bond acceptors (Lipinski definition) is 3. The van der Waals surface area contributed by atoms with Gasteiger partial charge in [0, 0.05) is 10.8 Å². The van der Waals surface area contributed by atoms with Crippen LogP contribution in [0.2, 0.25) is 0 Å². The number of aromatic nitrogens is 1. The quantitative estimate of drug-likeness (QED) is 0.208. The van der Waals surface area contributed by atoms with Crippen molar-refractivity contribution in [1.82, 2.24) is 4.98 Å². The summed E-state index contributed by atoms with van der Waals surface area (Å²) in [5.74, 6) is 0. The van der Waals surface area contributed by atoms with E-state index in [1.807, 2.05) is 0 Å². The van der Waals surface area contributed by atoms with Gasteiger partial charge in [0.2, 0.25) is 0 Å². The van der Waals surface area contributed by atoms with Gasteiger partial charge in [0.1, 0.15) is 0 Å². The second-order valence-corrected chi connectivity index (χ2v) is 10.7. The van der Waals surface area contributed by atoms with Gasteiger partial charge in [-0.05, 0) is 80.0 Å². The molecule has 1 aliphatic rings. The van der Waals surface area contributed by atoms with Crippen LogP contribution < -0.4 is 5.59 Å². The lowest BCUT2D eigenvalue weighted by Gasteiger charge is -2.32. The van der Waals surface area contributed by atoms with Crippen LogP contribution in [-0.4, -0.2) is 23.3 Å². The predicted octanol–water partition coefficient (Wildman–Crippen LogP) is 7.12. The van der Waals surface area contributed by atoms with Gasteiger partial charge in [-0.2, -0.15) is 0 Å². The average molecular weight is 459 g/mol. The molecule has 0 N–H and O–H groups in total. The molecule has 1 fully saturated rings. The number of fused-ring (bicyclic) bond motifs is 5. The first-order chi connectivity index (χ1) is 16.7. The lowest BCUT2D eigenvalue weighted by molar-refractivity contribution is 0.00578. The largest absolute Gasteiger partial charge is 0.515 e. The number of rotatable bonds is 2. The Labute approximate surface area is 207 Å². The molecule has 0 radical (unpaired) electrons. The minimum atomic E-state index is -0.526. The first-order valence-electron chi connectivity index (χ1n) is 12.3. The first-order valence-corrected chi connectivity index (χ1v) is 12.3. The fourth-order valence-electron chi connectivity index (χ4n) is 5.41. The van der Waals surface area contributed by atoms with Crippen molar-refractivity contribution >= 4 is 45.2 Å². The lowest BCUT2D eigenvalue weighted by Crippen LogP contribution is -2.41. The van der Waals surface area contributed by atoms with Crippen LogP contribution in [0.1, 0.15) is 38.8 Å². The second-order valence-electron chi connectivity index (χ2n) is 10.7. The molecule has 3 nitrogen and oxygen atoms in total. The van der Waals surface area contributed by atoms with E-state index < -0.39 is 18.3 Å². The van der Waals surface area contributed by atoms with Crippen molar-refractivity contribution in [2.24, 2.45) is 0 Å². The normalized spacial score (nSPS) is 17.0. The minimum absolute atomic E-state index is 0.430. The molecule has 1 aliphatic heterocycles. The van der Waals surface area contributed by atoms with Gasteiger partial charge in [0.25, 0.3) is 0 Å². The third-order valence-corrected chi connectivity index (χ3v) is 8.03. The Hall–Kier alpha value is -3.21. The Morgan fingerprint density at radius 2 is 1.17 bits per heavy atom. The summed E-state index contributed by atoms with van der Waals surface area (Å²) >= 11 is 0. The van der Waals surface area contributed by atoms with Crippen molar-refractivity contribution in [1.29, 1.82) is 0 Å². The van der Waals surface area contributed by atoms with E-state index in [2.05, 4.69) is 114 Å². The summed E-state index contributed by atoms with van der Waals surface area (Å²) in [7, 11) is -0.526. The molecule has 174 valence electrons. The van der Waals surface area contributed by atoms with E-state index in [9.17, 15) is 0 Å². The van der Waals surface area contributed by atoms with E-state index in [1.54, 1.807) is 0 Å². The SMILES string of the molecule is Cc1ccccc1-c1c(C)c2nc(B3OC(C)(C)C(C)(C)O3)c3ccccc3c2c2ccccc12. The maximum Gasteiger partial charge on any atom is 0.515 e. The van der Waals surface area contributed by atoms with Crippen LogP contribution in [0.25, 0.3) is 43.6 Å². The van der Waals surface area contributed by atoms with Gasteiger partial charge in [0.15, 0.2) is 0 Å². The zero-order valence-corrected chi connectivity index (χ0v) is 21.3. The van der Waals surface area contributed by atoms with Gasteiger partial charge in [0.05, 0.1) is 22.3 Å². The van der Waals surface area contributed by atoms with E-state index in [0.717, 1.165) is 16.5 Å². The van der Waals surface area contributed by atoms with Crippen molar-refractivity contribution in [2.75, 3.05) is 0 Å². The molecule has 0 spiro atoms. The summed E-state index contributed by atoms with van der Waals surface area (Å²) in [6, 6.07) is 25.8. The summed E-state index contributed by atoms with van der Waals surface area (Å²) in [5, 5.41) is 5.91. The zero-order valence-electron chi connectivity index (χ0n) is 21.3. The summed E-state index contributed by atoms with van der Waals surface area (Å²) in [4.78, 5) is 5.33. The van der Waals surface area contributed by atoms with Crippen molar-refractivity contribution < 1.29 is 9.31 Å². The van der Waals surface area contributed by atoms with E-state index in [-0.39, 0.29) is 0 Å². The topological polar surface area (TPSA) is 31.4 Å². The van der Waals surface area contributed by atoms with Crippen LogP contribution >= 0.6 is 0 Å². The second kappa shape index (κ2) is 7.65. The van der Waals surface area contributed by atoms with E-state index >= 15 is 0 Å². The van der Waals surface area contributed by atoms with Crippen LogP contribution in [-0.2, 0) is 9.31 Å². The van der Waals surface area contributed by atoms with E-state index in [0.29, 0.717) is 0 Å². The molecule has 4 heteroatoms. The fraction of sp³-hybridized carbons (Fsp3) is 0.258. The van der Waals surface area contributed by atoms with Crippen molar-refractivity contribution in [3.8, 4) is 11.1 Å². The predicted molar refractivity (Wildman–Crippen MR) is 147 cm³/mol. The molecular weight excluding hydrogens is 429 g/mol. The number of pyridine rings is 1. The smallest absolute Gasteiger partial charge is 0.398 e. The molecule has 4 aromatic carbocycles. The number of benzene rings is 4. The third kappa shape index (κ3) is 3.24. The molecule has 0 saturated carbocycles. The van der Waals surface area contributed by atoms with Gasteiger partial charge in [-0.1, -0.05) is 72.8 Å². The highest BCUT2D eigenvalue weighted by Crippen LogP contribution is 2.42. The Morgan fingerprint density at radius 1 is 0.657 bits per heavy atom. The molecule has 1 saturated heterocycles. The number of hydrogen-bond donors (Lipinski definition) is 0. The monoisotopic (exact) mass is 459 g/mol. The van der Waals surface area contributed by atoms with Crippen LogP contribution in [0.5, 0.6) is 0 Å². The Bertz CT molecular complexity index is 1620. The van der Waals surface area contributed by atoms with Crippen LogP contribution in [0.15, 0.2) is 72.8 Å². The Balaban J connectivity index is 1.76. The van der Waals surface area contributed by atoms with Gasteiger partial charge in [-0.25, -0.2) is 0 Å². The van der Waals surface area contributed by atoms with E-state index in [1.165, 1.54) is 43.8 Å². The molecule has 1 aromatic heterocycles. The molecule has 5 aromatic rings. The molecule has 0 unspecified atom stereocenters. The molecule has 35 heavy (non-hydrogen) atoms. The molecule has 2 heterocycles. The van der Waals surface area contributed by atoms with Crippen molar-refractivity contribution in [3.05, 3.63) is 83.9 Å². The molecule has 0 amide bonds. The highest BCUT2D eigenvalue weighted by molar-refractivity contribution is 6.64. The van der Waals surface area contributed by atoms with Crippen molar-refractivity contribution in [2.45, 2.75) is 52.7 Å². The maximum absolute atomic E-state index is 6.48. The average Bonchev–Trinajstić information content (AvgIpc) is 3.06. The summed E-state index contributed by atoms with van der Waals surface area (Å²) < 4.78 is 13.0. The van der Waals surface area contributed by atoms with E-state index in [4.69, 9.17) is 14.3 Å². The minimum Gasteiger partial charge on any atom is -0.398 e. The lowest BCUT2D eigenvalue weighted by atomic mass is 9.79. The summed E-state index contributed by atoms with van der Waals surface area (Å²) in [6.07, 6.45) is 0. The molecule has 0 aliphatic carbocycles. The molecular formula is C31H30BNO2. The highest BCUT2D eigenvalue weighted by Gasteiger charge is 2.53. The Morgan fingerprint density at radius 3 is 1.80 bits per heavy atom. The molecule has 0 atom stereocenters. The van der Waals surface area contributed by atoms with Crippen molar-refractivity contribution in [3.63, 3.8) is 0 Å². The van der Waals surface area contributed by atoms with Crippen LogP contribution in [0.3, 0.4) is 0 Å². The first kappa shape index (κ1) is 22.3. The third-order valence-electron chi connectivity index (χ3n) is 8.03. The number of aryl methyl sites for hydroxylation is 2. The van der Waals surface area contributed by atoms with Crippen LogP contribution in [0.4, 0.5) is 0 Å².